The number of nitrogens with one attached hydrogen (secondary N) is 1. The molecule has 0 radical (unpaired) electrons. The Balaban J connectivity index is 1.14. The van der Waals surface area contributed by atoms with Crippen LogP contribution in [0.3, 0.4) is 0 Å². The lowest BCUT2D eigenvalue weighted by atomic mass is 10.1. The van der Waals surface area contributed by atoms with Crippen molar-refractivity contribution in [1.29, 1.82) is 0 Å². The molecule has 0 aliphatic carbocycles. The standard InChI is InChI=1S/C26H34N6O7/c27-32-30-7-8-34-9-10-35-11-12-36-13-14-37-15-16-38-17-18-39-20-24(33)31-23-19-21-3-1-5-28-25(21)26-22(23)4-2-6-29-26/h1-6,19H,7-18,20H2,(H,31,33). The minimum atomic E-state index is -0.257. The van der Waals surface area contributed by atoms with Crippen molar-refractivity contribution in [1.82, 2.24) is 9.97 Å². The predicted octanol–water partition coefficient (Wildman–Crippen LogP) is 3.13. The molecule has 0 atom stereocenters. The molecule has 39 heavy (non-hydrogen) atoms. The molecule has 0 aliphatic rings. The second kappa shape index (κ2) is 18.8. The fourth-order valence-corrected chi connectivity index (χ4v) is 3.48. The van der Waals surface area contributed by atoms with E-state index < -0.39 is 0 Å². The van der Waals surface area contributed by atoms with Gasteiger partial charge in [0.1, 0.15) is 6.61 Å². The number of amides is 1. The first-order valence-electron chi connectivity index (χ1n) is 12.7. The third-order valence-electron chi connectivity index (χ3n) is 5.23. The lowest BCUT2D eigenvalue weighted by Crippen LogP contribution is -2.20. The molecule has 2 aromatic heterocycles. The van der Waals surface area contributed by atoms with E-state index in [1.165, 1.54) is 0 Å². The molecule has 1 N–H and O–H groups in total. The molecule has 13 nitrogen and oxygen atoms in total. The number of ether oxygens (including phenoxy) is 6. The van der Waals surface area contributed by atoms with Crippen molar-refractivity contribution < 1.29 is 33.2 Å². The summed E-state index contributed by atoms with van der Waals surface area (Å²) >= 11 is 0. The fraction of sp³-hybridized carbons (Fsp3) is 0.500. The fourth-order valence-electron chi connectivity index (χ4n) is 3.48. The number of aromatic nitrogens is 2. The third kappa shape index (κ3) is 11.5. The van der Waals surface area contributed by atoms with E-state index in [2.05, 4.69) is 25.3 Å². The number of azide groups is 1. The molecule has 0 unspecified atom stereocenters. The molecular weight excluding hydrogens is 508 g/mol. The Hall–Kier alpha value is -3.42. The maximum Gasteiger partial charge on any atom is 0.250 e. The monoisotopic (exact) mass is 542 g/mol. The second-order valence-electron chi connectivity index (χ2n) is 8.02. The smallest absolute Gasteiger partial charge is 0.250 e. The third-order valence-corrected chi connectivity index (χ3v) is 5.23. The van der Waals surface area contributed by atoms with E-state index in [0.29, 0.717) is 84.9 Å². The van der Waals surface area contributed by atoms with Crippen LogP contribution < -0.4 is 5.32 Å². The number of anilines is 1. The van der Waals surface area contributed by atoms with Gasteiger partial charge < -0.3 is 33.7 Å². The van der Waals surface area contributed by atoms with E-state index in [1.54, 1.807) is 12.4 Å². The van der Waals surface area contributed by atoms with Crippen LogP contribution >= 0.6 is 0 Å². The highest BCUT2D eigenvalue weighted by Gasteiger charge is 2.11. The van der Waals surface area contributed by atoms with Crippen molar-refractivity contribution in [3.8, 4) is 0 Å². The predicted molar refractivity (Wildman–Crippen MR) is 145 cm³/mol. The van der Waals surface area contributed by atoms with Crippen LogP contribution in [0.25, 0.3) is 32.2 Å². The van der Waals surface area contributed by atoms with Crippen LogP contribution in [0.1, 0.15) is 0 Å². The molecule has 3 aromatic rings. The van der Waals surface area contributed by atoms with Crippen molar-refractivity contribution in [2.24, 2.45) is 5.11 Å². The number of benzene rings is 1. The second-order valence-corrected chi connectivity index (χ2v) is 8.02. The molecule has 0 spiro atoms. The Morgan fingerprint density at radius 2 is 1.31 bits per heavy atom. The molecular formula is C26H34N6O7. The molecule has 0 saturated heterocycles. The topological polar surface area (TPSA) is 159 Å². The molecule has 3 rings (SSSR count). The zero-order valence-electron chi connectivity index (χ0n) is 21.8. The van der Waals surface area contributed by atoms with E-state index in [1.807, 2.05) is 30.3 Å². The van der Waals surface area contributed by atoms with Crippen LogP contribution in [-0.2, 0) is 33.2 Å². The number of hydrogen-bond acceptors (Lipinski definition) is 10. The maximum atomic E-state index is 12.4. The first-order valence-corrected chi connectivity index (χ1v) is 12.7. The van der Waals surface area contributed by atoms with Gasteiger partial charge in [-0.2, -0.15) is 0 Å². The number of carbonyl (C=O) groups excluding carboxylic acids is 1. The van der Waals surface area contributed by atoms with Crippen molar-refractivity contribution >= 4 is 33.4 Å². The summed E-state index contributed by atoms with van der Waals surface area (Å²) in [5.41, 5.74) is 10.3. The van der Waals surface area contributed by atoms with Gasteiger partial charge in [0.05, 0.1) is 89.4 Å². The zero-order chi connectivity index (χ0) is 27.4. The van der Waals surface area contributed by atoms with Crippen LogP contribution in [0, 0.1) is 0 Å². The molecule has 0 fully saturated rings. The summed E-state index contributed by atoms with van der Waals surface area (Å²) in [4.78, 5) is 23.9. The van der Waals surface area contributed by atoms with Gasteiger partial charge in [-0.15, -0.1) is 0 Å². The summed E-state index contributed by atoms with van der Waals surface area (Å²) in [6.07, 6.45) is 3.43. The Kier molecular flexibility index (Phi) is 14.5. The van der Waals surface area contributed by atoms with Gasteiger partial charge in [0.25, 0.3) is 0 Å². The number of hydrogen-bond donors (Lipinski definition) is 1. The largest absolute Gasteiger partial charge is 0.379 e. The molecule has 0 saturated carbocycles. The molecule has 1 amide bonds. The average molecular weight is 543 g/mol. The zero-order valence-corrected chi connectivity index (χ0v) is 21.8. The van der Waals surface area contributed by atoms with E-state index in [4.69, 9.17) is 34.0 Å². The average Bonchev–Trinajstić information content (AvgIpc) is 2.96. The summed E-state index contributed by atoms with van der Waals surface area (Å²) in [5, 5.41) is 7.99. The number of nitrogens with zero attached hydrogens (tertiary/aromatic N) is 5. The Bertz CT molecular complexity index is 1190. The lowest BCUT2D eigenvalue weighted by molar-refractivity contribution is -0.121. The van der Waals surface area contributed by atoms with Crippen molar-refractivity contribution in [2.75, 3.05) is 91.1 Å². The molecule has 13 heteroatoms. The number of carbonyl (C=O) groups is 1. The Morgan fingerprint density at radius 1 is 0.769 bits per heavy atom. The minimum Gasteiger partial charge on any atom is -0.379 e. The van der Waals surface area contributed by atoms with Gasteiger partial charge in [0.2, 0.25) is 5.91 Å². The Labute approximate surface area is 226 Å². The van der Waals surface area contributed by atoms with Crippen LogP contribution in [0.4, 0.5) is 5.69 Å². The maximum absolute atomic E-state index is 12.4. The van der Waals surface area contributed by atoms with E-state index in [-0.39, 0.29) is 12.5 Å². The number of fused-ring (bicyclic) bond motifs is 3. The highest BCUT2D eigenvalue weighted by molar-refractivity contribution is 6.12. The van der Waals surface area contributed by atoms with Gasteiger partial charge in [-0.3, -0.25) is 14.8 Å². The van der Waals surface area contributed by atoms with E-state index >= 15 is 0 Å². The van der Waals surface area contributed by atoms with Crippen LogP contribution in [0.5, 0.6) is 0 Å². The van der Waals surface area contributed by atoms with E-state index in [0.717, 1.165) is 21.8 Å². The first kappa shape index (κ1) is 30.1. The Morgan fingerprint density at radius 3 is 1.92 bits per heavy atom. The summed E-state index contributed by atoms with van der Waals surface area (Å²) in [6.45, 7) is 4.87. The van der Waals surface area contributed by atoms with Crippen molar-refractivity contribution in [3.05, 3.63) is 53.2 Å². The minimum absolute atomic E-state index is 0.0851. The number of pyridine rings is 2. The van der Waals surface area contributed by atoms with E-state index in [9.17, 15) is 4.79 Å². The summed E-state index contributed by atoms with van der Waals surface area (Å²) < 4.78 is 32.3. The van der Waals surface area contributed by atoms with Gasteiger partial charge in [-0.1, -0.05) is 11.2 Å². The quantitative estimate of drug-likeness (QED) is 0.0701. The van der Waals surface area contributed by atoms with Crippen LogP contribution in [0.2, 0.25) is 0 Å². The summed E-state index contributed by atoms with van der Waals surface area (Å²) in [7, 11) is 0. The van der Waals surface area contributed by atoms with Gasteiger partial charge >= 0.3 is 0 Å². The van der Waals surface area contributed by atoms with Crippen LogP contribution in [-0.4, -0.2) is 102 Å². The molecule has 0 bridgehead atoms. The normalized spacial score (nSPS) is 11.1. The van der Waals surface area contributed by atoms with Gasteiger partial charge in [-0.25, -0.2) is 0 Å². The highest BCUT2D eigenvalue weighted by atomic mass is 16.6. The molecule has 0 aliphatic heterocycles. The van der Waals surface area contributed by atoms with Gasteiger partial charge in [0, 0.05) is 34.6 Å². The summed E-state index contributed by atoms with van der Waals surface area (Å²) in [5.74, 6) is -0.257. The van der Waals surface area contributed by atoms with Gasteiger partial charge in [-0.05, 0) is 29.8 Å². The lowest BCUT2D eigenvalue weighted by Gasteiger charge is -2.11. The highest BCUT2D eigenvalue weighted by Crippen LogP contribution is 2.29. The first-order chi connectivity index (χ1) is 19.3. The summed E-state index contributed by atoms with van der Waals surface area (Å²) in [6, 6.07) is 9.40. The molecule has 1 aromatic carbocycles. The number of rotatable bonds is 21. The van der Waals surface area contributed by atoms with Crippen LogP contribution in [0.15, 0.2) is 47.8 Å². The van der Waals surface area contributed by atoms with Crippen molar-refractivity contribution in [3.63, 3.8) is 0 Å². The SMILES string of the molecule is [N-]=[N+]=NCCOCCOCCOCCOCCOCCOCC(=O)Nc1cc2cccnc2c2ncccc12. The molecule has 210 valence electrons. The van der Waals surface area contributed by atoms with Crippen molar-refractivity contribution in [2.45, 2.75) is 0 Å². The molecule has 2 heterocycles. The van der Waals surface area contributed by atoms with Gasteiger partial charge in [0.15, 0.2) is 0 Å².